The van der Waals surface area contributed by atoms with Gasteiger partial charge in [0.2, 0.25) is 0 Å². The summed E-state index contributed by atoms with van der Waals surface area (Å²) in [6.07, 6.45) is 5.73. The topological polar surface area (TPSA) is 43.8 Å². The van der Waals surface area contributed by atoms with Gasteiger partial charge in [0.15, 0.2) is 0 Å². The highest BCUT2D eigenvalue weighted by Crippen LogP contribution is 2.38. The first-order chi connectivity index (χ1) is 6.20. The van der Waals surface area contributed by atoms with Crippen molar-refractivity contribution in [3.05, 3.63) is 12.0 Å². The second-order valence-electron chi connectivity index (χ2n) is 4.14. The highest BCUT2D eigenvalue weighted by atomic mass is 15.1. The molecule has 0 unspecified atom stereocenters. The van der Waals surface area contributed by atoms with Gasteiger partial charge in [-0.2, -0.15) is 0 Å². The first kappa shape index (κ1) is 8.60. The van der Waals surface area contributed by atoms with E-state index in [0.29, 0.717) is 12.0 Å². The van der Waals surface area contributed by atoms with Crippen LogP contribution in [0.15, 0.2) is 6.33 Å². The molecule has 0 atom stereocenters. The van der Waals surface area contributed by atoms with Crippen molar-refractivity contribution in [2.45, 2.75) is 45.1 Å². The van der Waals surface area contributed by atoms with E-state index >= 15 is 0 Å². The summed E-state index contributed by atoms with van der Waals surface area (Å²) in [5.41, 5.74) is 7.14. The van der Waals surface area contributed by atoms with Crippen molar-refractivity contribution in [2.24, 2.45) is 0 Å². The summed E-state index contributed by atoms with van der Waals surface area (Å²) < 4.78 is 2.05. The molecule has 1 aliphatic rings. The lowest BCUT2D eigenvalue weighted by Crippen LogP contribution is -2.12. The molecule has 0 aliphatic heterocycles. The molecule has 0 amide bonds. The summed E-state index contributed by atoms with van der Waals surface area (Å²) in [6, 6.07) is 0.418. The zero-order valence-corrected chi connectivity index (χ0v) is 8.33. The molecule has 1 fully saturated rings. The van der Waals surface area contributed by atoms with Crippen molar-refractivity contribution < 1.29 is 0 Å². The lowest BCUT2D eigenvalue weighted by molar-refractivity contribution is 0.413. The summed E-state index contributed by atoms with van der Waals surface area (Å²) in [6.45, 7) is 4.26. The van der Waals surface area contributed by atoms with Crippen LogP contribution in [0.3, 0.4) is 0 Å². The normalized spacial score (nSPS) is 17.8. The predicted octanol–water partition coefficient (Wildman–Crippen LogP) is 2.31. The molecule has 2 rings (SSSR count). The number of imidazole rings is 1. The first-order valence-electron chi connectivity index (χ1n) is 5.02. The lowest BCUT2D eigenvalue weighted by Gasteiger charge is -2.24. The monoisotopic (exact) mass is 179 g/mol. The third-order valence-electron chi connectivity index (χ3n) is 2.91. The molecule has 1 aromatic rings. The zero-order valence-electron chi connectivity index (χ0n) is 8.33. The van der Waals surface area contributed by atoms with Crippen molar-refractivity contribution in [1.29, 1.82) is 0 Å². The molecular weight excluding hydrogens is 162 g/mol. The SMILES string of the molecule is CC(C)n1cnc(C2CCC2)c1N. The maximum absolute atomic E-state index is 6.02. The molecule has 0 radical (unpaired) electrons. The fraction of sp³-hybridized carbons (Fsp3) is 0.700. The third kappa shape index (κ3) is 1.32. The van der Waals surface area contributed by atoms with Gasteiger partial charge in [-0.1, -0.05) is 6.42 Å². The summed E-state index contributed by atoms with van der Waals surface area (Å²) in [5.74, 6) is 1.51. The lowest BCUT2D eigenvalue weighted by atomic mass is 9.83. The molecule has 1 heterocycles. The van der Waals surface area contributed by atoms with Gasteiger partial charge in [-0.05, 0) is 26.7 Å². The molecule has 0 saturated heterocycles. The number of nitrogen functional groups attached to an aromatic ring is 1. The van der Waals surface area contributed by atoms with E-state index in [0.717, 1.165) is 11.5 Å². The van der Waals surface area contributed by atoms with Gasteiger partial charge in [-0.3, -0.25) is 0 Å². The average molecular weight is 179 g/mol. The van der Waals surface area contributed by atoms with Crippen LogP contribution in [0.4, 0.5) is 5.82 Å². The van der Waals surface area contributed by atoms with Crippen LogP contribution in [0.2, 0.25) is 0 Å². The Morgan fingerprint density at radius 2 is 2.23 bits per heavy atom. The van der Waals surface area contributed by atoms with Gasteiger partial charge in [-0.15, -0.1) is 0 Å². The van der Waals surface area contributed by atoms with E-state index < -0.39 is 0 Å². The molecule has 0 spiro atoms. The molecule has 3 nitrogen and oxygen atoms in total. The van der Waals surface area contributed by atoms with Gasteiger partial charge < -0.3 is 10.3 Å². The van der Waals surface area contributed by atoms with Gasteiger partial charge in [-0.25, -0.2) is 4.98 Å². The van der Waals surface area contributed by atoms with Gasteiger partial charge >= 0.3 is 0 Å². The number of aromatic nitrogens is 2. The van der Waals surface area contributed by atoms with Crippen LogP contribution < -0.4 is 5.73 Å². The summed E-state index contributed by atoms with van der Waals surface area (Å²) in [7, 11) is 0. The highest BCUT2D eigenvalue weighted by Gasteiger charge is 2.25. The maximum atomic E-state index is 6.02. The van der Waals surface area contributed by atoms with E-state index in [1.165, 1.54) is 19.3 Å². The van der Waals surface area contributed by atoms with E-state index in [-0.39, 0.29) is 0 Å². The molecule has 2 N–H and O–H groups in total. The van der Waals surface area contributed by atoms with Crippen LogP contribution >= 0.6 is 0 Å². The van der Waals surface area contributed by atoms with E-state index in [2.05, 4.69) is 18.8 Å². The van der Waals surface area contributed by atoms with Gasteiger partial charge in [0.1, 0.15) is 5.82 Å². The fourth-order valence-corrected chi connectivity index (χ4v) is 1.79. The maximum Gasteiger partial charge on any atom is 0.127 e. The second-order valence-corrected chi connectivity index (χ2v) is 4.14. The Kier molecular flexibility index (Phi) is 2.02. The van der Waals surface area contributed by atoms with Crippen molar-refractivity contribution in [3.63, 3.8) is 0 Å². The third-order valence-corrected chi connectivity index (χ3v) is 2.91. The van der Waals surface area contributed by atoms with Crippen LogP contribution in [0, 0.1) is 0 Å². The Hall–Kier alpha value is -0.990. The minimum atomic E-state index is 0.418. The molecule has 13 heavy (non-hydrogen) atoms. The molecule has 3 heteroatoms. The van der Waals surface area contributed by atoms with E-state index in [1.807, 2.05) is 10.9 Å². The van der Waals surface area contributed by atoms with E-state index in [4.69, 9.17) is 5.73 Å². The van der Waals surface area contributed by atoms with E-state index in [9.17, 15) is 0 Å². The average Bonchev–Trinajstić information content (AvgIpc) is 2.29. The Morgan fingerprint density at radius 1 is 1.54 bits per heavy atom. The number of anilines is 1. The minimum absolute atomic E-state index is 0.418. The van der Waals surface area contributed by atoms with Crippen molar-refractivity contribution in [3.8, 4) is 0 Å². The smallest absolute Gasteiger partial charge is 0.127 e. The van der Waals surface area contributed by atoms with Crippen LogP contribution in [0.5, 0.6) is 0 Å². The van der Waals surface area contributed by atoms with Crippen molar-refractivity contribution in [2.75, 3.05) is 5.73 Å². The minimum Gasteiger partial charge on any atom is -0.384 e. The van der Waals surface area contributed by atoms with Crippen LogP contribution in [0.25, 0.3) is 0 Å². The zero-order chi connectivity index (χ0) is 9.42. The van der Waals surface area contributed by atoms with E-state index in [1.54, 1.807) is 0 Å². The fourth-order valence-electron chi connectivity index (χ4n) is 1.79. The predicted molar refractivity (Wildman–Crippen MR) is 53.6 cm³/mol. The number of hydrogen-bond donors (Lipinski definition) is 1. The highest BCUT2D eigenvalue weighted by molar-refractivity contribution is 5.39. The van der Waals surface area contributed by atoms with Crippen LogP contribution in [0.1, 0.15) is 50.8 Å². The largest absolute Gasteiger partial charge is 0.384 e. The van der Waals surface area contributed by atoms with Crippen molar-refractivity contribution in [1.82, 2.24) is 9.55 Å². The number of nitrogens with two attached hydrogens (primary N) is 1. The van der Waals surface area contributed by atoms with Crippen LogP contribution in [-0.4, -0.2) is 9.55 Å². The standard InChI is InChI=1S/C10H17N3/c1-7(2)13-6-12-9(10(13)11)8-4-3-5-8/h6-8H,3-5,11H2,1-2H3. The summed E-state index contributed by atoms with van der Waals surface area (Å²) in [4.78, 5) is 4.40. The van der Waals surface area contributed by atoms with Crippen molar-refractivity contribution >= 4 is 5.82 Å². The molecule has 1 saturated carbocycles. The second kappa shape index (κ2) is 3.05. The Labute approximate surface area is 79.0 Å². The Balaban J connectivity index is 2.27. The van der Waals surface area contributed by atoms with Gasteiger partial charge in [0, 0.05) is 12.0 Å². The summed E-state index contributed by atoms with van der Waals surface area (Å²) >= 11 is 0. The molecule has 1 aliphatic carbocycles. The first-order valence-corrected chi connectivity index (χ1v) is 5.02. The Bertz CT molecular complexity index is 297. The molecule has 0 aromatic carbocycles. The van der Waals surface area contributed by atoms with Crippen LogP contribution in [-0.2, 0) is 0 Å². The van der Waals surface area contributed by atoms with Gasteiger partial charge in [0.25, 0.3) is 0 Å². The number of nitrogens with zero attached hydrogens (tertiary/aromatic N) is 2. The Morgan fingerprint density at radius 3 is 2.62 bits per heavy atom. The molecule has 0 bridgehead atoms. The molecule has 1 aromatic heterocycles. The van der Waals surface area contributed by atoms with Gasteiger partial charge in [0.05, 0.1) is 12.0 Å². The molecule has 72 valence electrons. The summed E-state index contributed by atoms with van der Waals surface area (Å²) in [5, 5.41) is 0. The molecular formula is C10H17N3. The number of rotatable bonds is 2. The number of hydrogen-bond acceptors (Lipinski definition) is 2. The quantitative estimate of drug-likeness (QED) is 0.757.